The summed E-state index contributed by atoms with van der Waals surface area (Å²) >= 11 is 1.71. The van der Waals surface area contributed by atoms with E-state index in [2.05, 4.69) is 17.4 Å². The highest BCUT2D eigenvalue weighted by Gasteiger charge is 2.14. The molecule has 0 bridgehead atoms. The summed E-state index contributed by atoms with van der Waals surface area (Å²) in [5.41, 5.74) is 6.75. The predicted octanol–water partition coefficient (Wildman–Crippen LogP) is 2.59. The molecule has 0 aromatic heterocycles. The largest absolute Gasteiger partial charge is 0.354 e. The van der Waals surface area contributed by atoms with Crippen LogP contribution in [0.3, 0.4) is 0 Å². The Bertz CT molecular complexity index is 531. The van der Waals surface area contributed by atoms with E-state index < -0.39 is 6.04 Å². The first-order valence-corrected chi connectivity index (χ1v) is 7.52. The zero-order valence-corrected chi connectivity index (χ0v) is 12.0. The van der Waals surface area contributed by atoms with Gasteiger partial charge in [0, 0.05) is 17.2 Å². The number of amides is 1. The van der Waals surface area contributed by atoms with Gasteiger partial charge in [-0.25, -0.2) is 0 Å². The summed E-state index contributed by atoms with van der Waals surface area (Å²) in [5, 5.41) is 2.87. The third-order valence-corrected chi connectivity index (χ3v) is 3.87. The third kappa shape index (κ3) is 4.40. The van der Waals surface area contributed by atoms with Gasteiger partial charge < -0.3 is 11.1 Å². The molecular formula is C16H18N2OS. The molecule has 0 aliphatic heterocycles. The molecule has 4 heteroatoms. The molecule has 1 amide bonds. The van der Waals surface area contributed by atoms with E-state index in [1.807, 2.05) is 48.5 Å². The minimum absolute atomic E-state index is 0.134. The summed E-state index contributed by atoms with van der Waals surface area (Å²) in [7, 11) is 0. The summed E-state index contributed by atoms with van der Waals surface area (Å²) in [6.45, 7) is 0.610. The number of hydrogen-bond donors (Lipinski definition) is 2. The Morgan fingerprint density at radius 2 is 1.65 bits per heavy atom. The van der Waals surface area contributed by atoms with Crippen LogP contribution in [0.2, 0.25) is 0 Å². The number of carbonyl (C=O) groups is 1. The second kappa shape index (κ2) is 7.72. The first kappa shape index (κ1) is 14.6. The third-order valence-electron chi connectivity index (χ3n) is 2.85. The van der Waals surface area contributed by atoms with Gasteiger partial charge in [0.2, 0.25) is 5.91 Å². The van der Waals surface area contributed by atoms with Crippen LogP contribution in [-0.2, 0) is 4.79 Å². The van der Waals surface area contributed by atoms with Crippen molar-refractivity contribution in [2.75, 3.05) is 12.3 Å². The van der Waals surface area contributed by atoms with E-state index in [1.165, 1.54) is 4.90 Å². The average Bonchev–Trinajstić information content (AvgIpc) is 2.52. The fraction of sp³-hybridized carbons (Fsp3) is 0.188. The van der Waals surface area contributed by atoms with Gasteiger partial charge in [0.15, 0.2) is 0 Å². The highest BCUT2D eigenvalue weighted by atomic mass is 32.2. The average molecular weight is 286 g/mol. The zero-order chi connectivity index (χ0) is 14.2. The highest BCUT2D eigenvalue weighted by molar-refractivity contribution is 7.99. The maximum Gasteiger partial charge on any atom is 0.241 e. The van der Waals surface area contributed by atoms with Gasteiger partial charge in [-0.05, 0) is 17.7 Å². The number of nitrogens with two attached hydrogens (primary N) is 1. The maximum absolute atomic E-state index is 11.9. The molecule has 2 aromatic carbocycles. The van der Waals surface area contributed by atoms with E-state index in [0.29, 0.717) is 6.54 Å². The first-order chi connectivity index (χ1) is 9.77. The van der Waals surface area contributed by atoms with Crippen LogP contribution in [-0.4, -0.2) is 18.2 Å². The number of rotatable bonds is 6. The van der Waals surface area contributed by atoms with Crippen molar-refractivity contribution < 1.29 is 4.79 Å². The van der Waals surface area contributed by atoms with Gasteiger partial charge in [-0.3, -0.25) is 4.79 Å². The van der Waals surface area contributed by atoms with Crippen LogP contribution in [0.15, 0.2) is 65.6 Å². The maximum atomic E-state index is 11.9. The van der Waals surface area contributed by atoms with Crippen molar-refractivity contribution >= 4 is 17.7 Å². The second-order valence-corrected chi connectivity index (χ2v) is 5.51. The van der Waals surface area contributed by atoms with Gasteiger partial charge in [-0.1, -0.05) is 48.5 Å². The van der Waals surface area contributed by atoms with E-state index in [9.17, 15) is 4.79 Å². The lowest BCUT2D eigenvalue weighted by molar-refractivity contribution is -0.122. The Balaban J connectivity index is 1.73. The molecule has 0 saturated carbocycles. The Morgan fingerprint density at radius 1 is 1.05 bits per heavy atom. The van der Waals surface area contributed by atoms with Crippen molar-refractivity contribution in [3.63, 3.8) is 0 Å². The fourth-order valence-electron chi connectivity index (χ4n) is 1.78. The van der Waals surface area contributed by atoms with Crippen LogP contribution in [0.4, 0.5) is 0 Å². The van der Waals surface area contributed by atoms with E-state index in [0.717, 1.165) is 11.3 Å². The van der Waals surface area contributed by atoms with Gasteiger partial charge >= 0.3 is 0 Å². The van der Waals surface area contributed by atoms with E-state index in [1.54, 1.807) is 11.8 Å². The van der Waals surface area contributed by atoms with Crippen LogP contribution < -0.4 is 11.1 Å². The van der Waals surface area contributed by atoms with Crippen molar-refractivity contribution in [1.82, 2.24) is 5.32 Å². The lowest BCUT2D eigenvalue weighted by atomic mass is 10.1. The molecule has 0 fully saturated rings. The quantitative estimate of drug-likeness (QED) is 0.634. The summed E-state index contributed by atoms with van der Waals surface area (Å²) in [5.74, 6) is 0.696. The standard InChI is InChI=1S/C16H18N2OS/c17-15(13-7-3-1-4-8-13)16(19)18-11-12-20-14-9-5-2-6-10-14/h1-10,15H,11-12,17H2,(H,18,19)/t15-/m1/s1. The molecule has 3 nitrogen and oxygen atoms in total. The highest BCUT2D eigenvalue weighted by Crippen LogP contribution is 2.16. The molecule has 0 radical (unpaired) electrons. The van der Waals surface area contributed by atoms with Crippen molar-refractivity contribution in [3.8, 4) is 0 Å². The molecule has 1 atom stereocenters. The number of nitrogens with one attached hydrogen (secondary N) is 1. The van der Waals surface area contributed by atoms with Crippen LogP contribution in [0.1, 0.15) is 11.6 Å². The van der Waals surface area contributed by atoms with Crippen LogP contribution in [0.25, 0.3) is 0 Å². The number of thioether (sulfide) groups is 1. The Morgan fingerprint density at radius 3 is 2.30 bits per heavy atom. The summed E-state index contributed by atoms with van der Waals surface area (Å²) in [4.78, 5) is 13.1. The summed E-state index contributed by atoms with van der Waals surface area (Å²) < 4.78 is 0. The smallest absolute Gasteiger partial charge is 0.241 e. The van der Waals surface area contributed by atoms with Gasteiger partial charge in [-0.15, -0.1) is 11.8 Å². The van der Waals surface area contributed by atoms with Crippen LogP contribution in [0.5, 0.6) is 0 Å². The number of hydrogen-bond acceptors (Lipinski definition) is 3. The minimum atomic E-state index is -0.599. The second-order valence-electron chi connectivity index (χ2n) is 4.34. The topological polar surface area (TPSA) is 55.1 Å². The molecule has 0 unspecified atom stereocenters. The molecule has 0 spiro atoms. The SMILES string of the molecule is N[C@@H](C(=O)NCCSc1ccccc1)c1ccccc1. The molecule has 0 aliphatic carbocycles. The summed E-state index contributed by atoms with van der Waals surface area (Å²) in [6.07, 6.45) is 0. The monoisotopic (exact) mass is 286 g/mol. The predicted molar refractivity (Wildman–Crippen MR) is 83.5 cm³/mol. The molecule has 104 valence electrons. The van der Waals surface area contributed by atoms with Gasteiger partial charge in [-0.2, -0.15) is 0 Å². The Kier molecular flexibility index (Phi) is 5.65. The first-order valence-electron chi connectivity index (χ1n) is 6.53. The lowest BCUT2D eigenvalue weighted by Gasteiger charge is -2.12. The van der Waals surface area contributed by atoms with Crippen LogP contribution >= 0.6 is 11.8 Å². The van der Waals surface area contributed by atoms with Crippen molar-refractivity contribution in [3.05, 3.63) is 66.2 Å². The van der Waals surface area contributed by atoms with Gasteiger partial charge in [0.05, 0.1) is 0 Å². The van der Waals surface area contributed by atoms with Gasteiger partial charge in [0.1, 0.15) is 6.04 Å². The van der Waals surface area contributed by atoms with E-state index in [4.69, 9.17) is 5.73 Å². The number of benzene rings is 2. The van der Waals surface area contributed by atoms with E-state index >= 15 is 0 Å². The van der Waals surface area contributed by atoms with Crippen molar-refractivity contribution in [2.45, 2.75) is 10.9 Å². The molecule has 0 aliphatic rings. The van der Waals surface area contributed by atoms with Crippen LogP contribution in [0, 0.1) is 0 Å². The van der Waals surface area contributed by atoms with Crippen molar-refractivity contribution in [2.24, 2.45) is 5.73 Å². The molecule has 0 heterocycles. The molecular weight excluding hydrogens is 268 g/mol. The van der Waals surface area contributed by atoms with Gasteiger partial charge in [0.25, 0.3) is 0 Å². The fourth-order valence-corrected chi connectivity index (χ4v) is 2.57. The van der Waals surface area contributed by atoms with E-state index in [-0.39, 0.29) is 5.91 Å². The minimum Gasteiger partial charge on any atom is -0.354 e. The molecule has 2 aromatic rings. The molecule has 0 saturated heterocycles. The number of carbonyl (C=O) groups excluding carboxylic acids is 1. The molecule has 2 rings (SSSR count). The Labute approximate surface area is 123 Å². The summed E-state index contributed by atoms with van der Waals surface area (Å²) in [6, 6.07) is 18.9. The Hall–Kier alpha value is -1.78. The lowest BCUT2D eigenvalue weighted by Crippen LogP contribution is -2.35. The molecule has 3 N–H and O–H groups in total. The zero-order valence-electron chi connectivity index (χ0n) is 11.2. The normalized spacial score (nSPS) is 11.8. The molecule has 20 heavy (non-hydrogen) atoms. The van der Waals surface area contributed by atoms with Crippen molar-refractivity contribution in [1.29, 1.82) is 0 Å².